The van der Waals surface area contributed by atoms with E-state index in [1.807, 2.05) is 37.3 Å². The number of rotatable bonds is 3. The maximum Gasteiger partial charge on any atom is 0.221 e. The van der Waals surface area contributed by atoms with Crippen molar-refractivity contribution in [2.24, 2.45) is 0 Å². The van der Waals surface area contributed by atoms with Gasteiger partial charge in [-0.25, -0.2) is 9.97 Å². The summed E-state index contributed by atoms with van der Waals surface area (Å²) in [4.78, 5) is 23.3. The zero-order chi connectivity index (χ0) is 13.9. The summed E-state index contributed by atoms with van der Waals surface area (Å²) in [6.07, 6.45) is 4.95. The van der Waals surface area contributed by atoms with Crippen LogP contribution in [0.3, 0.4) is 0 Å². The Morgan fingerprint density at radius 3 is 2.75 bits per heavy atom. The van der Waals surface area contributed by atoms with Gasteiger partial charge in [-0.3, -0.25) is 4.79 Å². The minimum atomic E-state index is -0.163. The minimum absolute atomic E-state index is 0.163. The number of hydrogen-bond donors (Lipinski definition) is 1. The van der Waals surface area contributed by atoms with Gasteiger partial charge in [0.2, 0.25) is 5.78 Å². The number of hydrogen-bond acceptors (Lipinski definition) is 3. The van der Waals surface area contributed by atoms with Crippen molar-refractivity contribution >= 4 is 23.0 Å². The normalized spacial score (nSPS) is 11.2. The van der Waals surface area contributed by atoms with Gasteiger partial charge in [-0.2, -0.15) is 0 Å². The summed E-state index contributed by atoms with van der Waals surface area (Å²) in [6, 6.07) is 11.6. The number of aromatic nitrogens is 3. The lowest BCUT2D eigenvalue weighted by molar-refractivity contribution is 0.103. The maximum atomic E-state index is 12.0. The van der Waals surface area contributed by atoms with Crippen molar-refractivity contribution < 1.29 is 4.79 Å². The minimum Gasteiger partial charge on any atom is -0.334 e. The second kappa shape index (κ2) is 5.09. The monoisotopic (exact) mass is 263 g/mol. The van der Waals surface area contributed by atoms with Crippen LogP contribution in [0.15, 0.2) is 48.7 Å². The molecule has 3 aromatic rings. The van der Waals surface area contributed by atoms with Crippen molar-refractivity contribution in [1.29, 1.82) is 0 Å². The van der Waals surface area contributed by atoms with Crippen molar-refractivity contribution in [2.45, 2.75) is 6.92 Å². The molecule has 0 atom stereocenters. The molecule has 0 spiro atoms. The topological polar surface area (TPSA) is 58.6 Å². The van der Waals surface area contributed by atoms with E-state index < -0.39 is 0 Å². The molecule has 4 nitrogen and oxygen atoms in total. The lowest BCUT2D eigenvalue weighted by Gasteiger charge is -1.94. The van der Waals surface area contributed by atoms with Gasteiger partial charge in [0.25, 0.3) is 0 Å². The summed E-state index contributed by atoms with van der Waals surface area (Å²) in [6.45, 7) is 2.03. The molecule has 1 aromatic carbocycles. The number of carbonyl (C=O) groups is 1. The zero-order valence-electron chi connectivity index (χ0n) is 11.0. The van der Waals surface area contributed by atoms with Crippen LogP contribution in [0.2, 0.25) is 0 Å². The number of imidazole rings is 1. The summed E-state index contributed by atoms with van der Waals surface area (Å²) in [5.74, 6) is 0.144. The molecular weight excluding hydrogens is 250 g/mol. The van der Waals surface area contributed by atoms with E-state index in [0.29, 0.717) is 11.5 Å². The van der Waals surface area contributed by atoms with Crippen LogP contribution in [0.4, 0.5) is 0 Å². The fourth-order valence-corrected chi connectivity index (χ4v) is 1.89. The highest BCUT2D eigenvalue weighted by Gasteiger charge is 2.08. The molecule has 2 heterocycles. The fourth-order valence-electron chi connectivity index (χ4n) is 1.89. The number of aryl methyl sites for hydroxylation is 1. The van der Waals surface area contributed by atoms with E-state index >= 15 is 0 Å². The Morgan fingerprint density at radius 1 is 1.20 bits per heavy atom. The highest BCUT2D eigenvalue weighted by molar-refractivity contribution is 6.05. The van der Waals surface area contributed by atoms with E-state index in [4.69, 9.17) is 0 Å². The molecule has 98 valence electrons. The third-order valence-electron chi connectivity index (χ3n) is 3.00. The van der Waals surface area contributed by atoms with Crippen molar-refractivity contribution in [1.82, 2.24) is 15.0 Å². The molecule has 4 heteroatoms. The largest absolute Gasteiger partial charge is 0.334 e. The van der Waals surface area contributed by atoms with Crippen LogP contribution < -0.4 is 0 Å². The SMILES string of the molecule is Cc1ccc(C=CC(=O)c2nc3ncccc3[nH]2)cc1. The number of allylic oxidation sites excluding steroid dienone is 1. The van der Waals surface area contributed by atoms with Crippen LogP contribution in [0.25, 0.3) is 17.2 Å². The summed E-state index contributed by atoms with van der Waals surface area (Å²) in [5, 5.41) is 0. The summed E-state index contributed by atoms with van der Waals surface area (Å²) >= 11 is 0. The average Bonchev–Trinajstić information content (AvgIpc) is 2.90. The van der Waals surface area contributed by atoms with E-state index in [1.165, 1.54) is 11.6 Å². The highest BCUT2D eigenvalue weighted by Crippen LogP contribution is 2.10. The standard InChI is InChI=1S/C16H13N3O/c1-11-4-6-12(7-5-11)8-9-14(20)16-18-13-3-2-10-17-15(13)19-16/h2-10H,1H3,(H,17,18,19). The first-order chi connectivity index (χ1) is 9.72. The molecule has 3 rings (SSSR count). The molecule has 0 saturated carbocycles. The van der Waals surface area contributed by atoms with E-state index in [-0.39, 0.29) is 5.78 Å². The number of aromatic amines is 1. The number of fused-ring (bicyclic) bond motifs is 1. The van der Waals surface area contributed by atoms with Crippen LogP contribution in [0, 0.1) is 6.92 Å². The molecule has 20 heavy (non-hydrogen) atoms. The molecule has 2 aromatic heterocycles. The number of benzene rings is 1. The van der Waals surface area contributed by atoms with E-state index in [2.05, 4.69) is 15.0 Å². The number of ketones is 1. The van der Waals surface area contributed by atoms with E-state index in [9.17, 15) is 4.79 Å². The third kappa shape index (κ3) is 2.49. The van der Waals surface area contributed by atoms with Gasteiger partial charge in [-0.1, -0.05) is 35.9 Å². The molecule has 0 radical (unpaired) electrons. The molecule has 0 unspecified atom stereocenters. The number of pyridine rings is 1. The summed E-state index contributed by atoms with van der Waals surface area (Å²) < 4.78 is 0. The Labute approximate surface area is 116 Å². The van der Waals surface area contributed by atoms with Crippen molar-refractivity contribution in [3.8, 4) is 0 Å². The molecule has 0 aliphatic heterocycles. The van der Waals surface area contributed by atoms with Gasteiger partial charge in [-0.05, 0) is 30.7 Å². The van der Waals surface area contributed by atoms with Gasteiger partial charge in [0.05, 0.1) is 5.52 Å². The molecule has 0 aliphatic carbocycles. The predicted octanol–water partition coefficient (Wildman–Crippen LogP) is 3.16. The molecule has 0 bridgehead atoms. The van der Waals surface area contributed by atoms with Crippen LogP contribution >= 0.6 is 0 Å². The van der Waals surface area contributed by atoms with E-state index in [0.717, 1.165) is 11.1 Å². The van der Waals surface area contributed by atoms with Gasteiger partial charge in [0, 0.05) is 6.20 Å². The van der Waals surface area contributed by atoms with Gasteiger partial charge in [0.1, 0.15) is 0 Å². The summed E-state index contributed by atoms with van der Waals surface area (Å²) in [7, 11) is 0. The van der Waals surface area contributed by atoms with Gasteiger partial charge in [-0.15, -0.1) is 0 Å². The number of nitrogens with one attached hydrogen (secondary N) is 1. The van der Waals surface area contributed by atoms with Crippen molar-refractivity contribution in [3.63, 3.8) is 0 Å². The highest BCUT2D eigenvalue weighted by atomic mass is 16.1. The predicted molar refractivity (Wildman–Crippen MR) is 78.4 cm³/mol. The maximum absolute atomic E-state index is 12.0. The van der Waals surface area contributed by atoms with Crippen LogP contribution in [-0.4, -0.2) is 20.7 Å². The lowest BCUT2D eigenvalue weighted by atomic mass is 10.1. The first-order valence-corrected chi connectivity index (χ1v) is 6.32. The molecule has 0 amide bonds. The molecule has 0 aliphatic rings. The third-order valence-corrected chi connectivity index (χ3v) is 3.00. The second-order valence-corrected chi connectivity index (χ2v) is 4.57. The molecule has 0 saturated heterocycles. The fraction of sp³-hybridized carbons (Fsp3) is 0.0625. The Kier molecular flexibility index (Phi) is 3.13. The first kappa shape index (κ1) is 12.3. The second-order valence-electron chi connectivity index (χ2n) is 4.57. The average molecular weight is 263 g/mol. The Balaban J connectivity index is 1.83. The molecule has 0 fully saturated rings. The number of nitrogens with zero attached hydrogens (tertiary/aromatic N) is 2. The van der Waals surface area contributed by atoms with Crippen LogP contribution in [0.5, 0.6) is 0 Å². The van der Waals surface area contributed by atoms with Gasteiger partial charge < -0.3 is 4.98 Å². The number of H-pyrrole nitrogens is 1. The Hall–Kier alpha value is -2.75. The van der Waals surface area contributed by atoms with E-state index in [1.54, 1.807) is 18.3 Å². The van der Waals surface area contributed by atoms with Crippen LogP contribution in [-0.2, 0) is 0 Å². The van der Waals surface area contributed by atoms with Gasteiger partial charge >= 0.3 is 0 Å². The quantitative estimate of drug-likeness (QED) is 0.583. The molecule has 1 N–H and O–H groups in total. The van der Waals surface area contributed by atoms with Crippen molar-refractivity contribution in [2.75, 3.05) is 0 Å². The Bertz CT molecular complexity index is 752. The van der Waals surface area contributed by atoms with Crippen LogP contribution in [0.1, 0.15) is 21.7 Å². The first-order valence-electron chi connectivity index (χ1n) is 6.32. The van der Waals surface area contributed by atoms with Crippen molar-refractivity contribution in [3.05, 3.63) is 65.6 Å². The number of carbonyl (C=O) groups excluding carboxylic acids is 1. The Morgan fingerprint density at radius 2 is 2.00 bits per heavy atom. The summed E-state index contributed by atoms with van der Waals surface area (Å²) in [5.41, 5.74) is 3.49. The molecular formula is C16H13N3O. The lowest BCUT2D eigenvalue weighted by Crippen LogP contribution is -1.96. The zero-order valence-corrected chi connectivity index (χ0v) is 11.0. The van der Waals surface area contributed by atoms with Gasteiger partial charge in [0.15, 0.2) is 11.5 Å². The smallest absolute Gasteiger partial charge is 0.221 e.